The standard InChI is InChI=1S/C11H18N2O2/c1-8-3-2-4-9(5-8)6-13-7-10(14)12-11(13)15/h8-9H,2-7H2,1H3,(H,12,14,15). The molecule has 84 valence electrons. The Kier molecular flexibility index (Phi) is 2.93. The van der Waals surface area contributed by atoms with Crippen LogP contribution in [0.5, 0.6) is 0 Å². The van der Waals surface area contributed by atoms with Crippen molar-refractivity contribution in [1.82, 2.24) is 10.2 Å². The molecule has 2 aliphatic rings. The lowest BCUT2D eigenvalue weighted by atomic mass is 9.82. The fraction of sp³-hybridized carbons (Fsp3) is 0.818. The highest BCUT2D eigenvalue weighted by atomic mass is 16.2. The van der Waals surface area contributed by atoms with E-state index in [1.54, 1.807) is 4.90 Å². The Morgan fingerprint density at radius 3 is 2.80 bits per heavy atom. The van der Waals surface area contributed by atoms with Crippen molar-refractivity contribution in [3.8, 4) is 0 Å². The summed E-state index contributed by atoms with van der Waals surface area (Å²) in [7, 11) is 0. The maximum absolute atomic E-state index is 11.3. The van der Waals surface area contributed by atoms with Gasteiger partial charge in [0.05, 0.1) is 0 Å². The normalized spacial score (nSPS) is 31.9. The minimum Gasteiger partial charge on any atom is -0.315 e. The highest BCUT2D eigenvalue weighted by Crippen LogP contribution is 2.29. The van der Waals surface area contributed by atoms with E-state index in [-0.39, 0.29) is 18.5 Å². The topological polar surface area (TPSA) is 49.4 Å². The van der Waals surface area contributed by atoms with Gasteiger partial charge in [0.2, 0.25) is 5.91 Å². The molecule has 2 atom stereocenters. The van der Waals surface area contributed by atoms with E-state index in [4.69, 9.17) is 0 Å². The number of hydrogen-bond donors (Lipinski definition) is 1. The average Bonchev–Trinajstić information content (AvgIpc) is 2.45. The number of nitrogens with one attached hydrogen (secondary N) is 1. The van der Waals surface area contributed by atoms with Gasteiger partial charge in [-0.25, -0.2) is 4.79 Å². The number of urea groups is 1. The van der Waals surface area contributed by atoms with Crippen molar-refractivity contribution in [3.05, 3.63) is 0 Å². The predicted molar refractivity (Wildman–Crippen MR) is 56.2 cm³/mol. The highest BCUT2D eigenvalue weighted by Gasteiger charge is 2.30. The van der Waals surface area contributed by atoms with E-state index < -0.39 is 0 Å². The Morgan fingerprint density at radius 1 is 1.40 bits per heavy atom. The summed E-state index contributed by atoms with van der Waals surface area (Å²) < 4.78 is 0. The SMILES string of the molecule is CC1CCCC(CN2CC(=O)NC2=O)C1. The van der Waals surface area contributed by atoms with Crippen molar-refractivity contribution in [1.29, 1.82) is 0 Å². The second kappa shape index (κ2) is 4.21. The summed E-state index contributed by atoms with van der Waals surface area (Å²) in [6, 6.07) is -0.210. The van der Waals surface area contributed by atoms with Gasteiger partial charge in [0.15, 0.2) is 0 Å². The van der Waals surface area contributed by atoms with E-state index >= 15 is 0 Å². The van der Waals surface area contributed by atoms with Crippen molar-refractivity contribution in [3.63, 3.8) is 0 Å². The zero-order chi connectivity index (χ0) is 10.8. The molecule has 2 unspecified atom stereocenters. The van der Waals surface area contributed by atoms with E-state index in [2.05, 4.69) is 12.2 Å². The van der Waals surface area contributed by atoms with Crippen molar-refractivity contribution in [2.75, 3.05) is 13.1 Å². The van der Waals surface area contributed by atoms with Gasteiger partial charge in [-0.15, -0.1) is 0 Å². The number of rotatable bonds is 2. The third-order valence-corrected chi connectivity index (χ3v) is 3.39. The smallest absolute Gasteiger partial charge is 0.315 e. The van der Waals surface area contributed by atoms with Crippen LogP contribution in [0.25, 0.3) is 0 Å². The molecule has 1 saturated carbocycles. The second-order valence-corrected chi connectivity index (χ2v) is 4.87. The summed E-state index contributed by atoms with van der Waals surface area (Å²) in [6.07, 6.45) is 4.96. The van der Waals surface area contributed by atoms with Crippen molar-refractivity contribution in [2.24, 2.45) is 11.8 Å². The van der Waals surface area contributed by atoms with Crippen LogP contribution in [0.1, 0.15) is 32.6 Å². The van der Waals surface area contributed by atoms with Gasteiger partial charge >= 0.3 is 6.03 Å². The van der Waals surface area contributed by atoms with Crippen molar-refractivity contribution in [2.45, 2.75) is 32.6 Å². The lowest BCUT2D eigenvalue weighted by Crippen LogP contribution is -2.34. The number of amides is 3. The van der Waals surface area contributed by atoms with Gasteiger partial charge in [0.25, 0.3) is 0 Å². The second-order valence-electron chi connectivity index (χ2n) is 4.87. The summed E-state index contributed by atoms with van der Waals surface area (Å²) >= 11 is 0. The van der Waals surface area contributed by atoms with Crippen LogP contribution in [0, 0.1) is 11.8 Å². The minimum absolute atomic E-state index is 0.163. The van der Waals surface area contributed by atoms with Gasteiger partial charge in [0, 0.05) is 6.54 Å². The van der Waals surface area contributed by atoms with Crippen LogP contribution < -0.4 is 5.32 Å². The molecule has 0 aromatic carbocycles. The number of carbonyl (C=O) groups excluding carboxylic acids is 2. The van der Waals surface area contributed by atoms with Gasteiger partial charge < -0.3 is 4.90 Å². The van der Waals surface area contributed by atoms with Crippen LogP contribution in [0.15, 0.2) is 0 Å². The monoisotopic (exact) mass is 210 g/mol. The molecule has 3 amide bonds. The number of carbonyl (C=O) groups is 2. The largest absolute Gasteiger partial charge is 0.324 e. The molecule has 1 aliphatic heterocycles. The maximum Gasteiger partial charge on any atom is 0.324 e. The molecule has 2 rings (SSSR count). The summed E-state index contributed by atoms with van der Waals surface area (Å²) in [5.41, 5.74) is 0. The first kappa shape index (κ1) is 10.5. The molecule has 2 fully saturated rings. The van der Waals surface area contributed by atoms with E-state index in [1.165, 1.54) is 25.7 Å². The van der Waals surface area contributed by atoms with Crippen LogP contribution in [0.4, 0.5) is 4.79 Å². The average molecular weight is 210 g/mol. The zero-order valence-corrected chi connectivity index (χ0v) is 9.16. The van der Waals surface area contributed by atoms with Crippen LogP contribution >= 0.6 is 0 Å². The maximum atomic E-state index is 11.3. The van der Waals surface area contributed by atoms with Crippen LogP contribution in [0.3, 0.4) is 0 Å². The zero-order valence-electron chi connectivity index (χ0n) is 9.16. The first-order valence-electron chi connectivity index (χ1n) is 5.74. The summed E-state index contributed by atoms with van der Waals surface area (Å²) in [5, 5.41) is 2.32. The predicted octanol–water partition coefficient (Wildman–Crippen LogP) is 1.36. The van der Waals surface area contributed by atoms with Crippen molar-refractivity contribution < 1.29 is 9.59 Å². The summed E-state index contributed by atoms with van der Waals surface area (Å²) in [5.74, 6) is 1.19. The third-order valence-electron chi connectivity index (χ3n) is 3.39. The van der Waals surface area contributed by atoms with E-state index in [9.17, 15) is 9.59 Å². The number of nitrogens with zero attached hydrogens (tertiary/aromatic N) is 1. The van der Waals surface area contributed by atoms with Crippen molar-refractivity contribution >= 4 is 11.9 Å². The minimum atomic E-state index is -0.210. The van der Waals surface area contributed by atoms with Gasteiger partial charge in [-0.1, -0.05) is 19.8 Å². The first-order chi connectivity index (χ1) is 7.15. The Hall–Kier alpha value is -1.06. The number of imide groups is 1. The Bertz CT molecular complexity index is 278. The Balaban J connectivity index is 1.86. The molecule has 1 saturated heterocycles. The molecule has 0 bridgehead atoms. The molecule has 0 aromatic rings. The molecular weight excluding hydrogens is 192 g/mol. The molecule has 1 heterocycles. The van der Waals surface area contributed by atoms with E-state index in [0.29, 0.717) is 5.92 Å². The molecular formula is C11H18N2O2. The molecule has 0 spiro atoms. The summed E-state index contributed by atoms with van der Waals surface area (Å²) in [4.78, 5) is 24.0. The van der Waals surface area contributed by atoms with Gasteiger partial charge in [0.1, 0.15) is 6.54 Å². The molecule has 15 heavy (non-hydrogen) atoms. The molecule has 0 radical (unpaired) electrons. The van der Waals surface area contributed by atoms with Gasteiger partial charge in [-0.3, -0.25) is 10.1 Å². The molecule has 4 heteroatoms. The van der Waals surface area contributed by atoms with Crippen LogP contribution in [-0.2, 0) is 4.79 Å². The lowest BCUT2D eigenvalue weighted by Gasteiger charge is -2.29. The Morgan fingerprint density at radius 2 is 2.20 bits per heavy atom. The number of hydrogen-bond acceptors (Lipinski definition) is 2. The highest BCUT2D eigenvalue weighted by molar-refractivity contribution is 6.01. The van der Waals surface area contributed by atoms with Gasteiger partial charge in [-0.05, 0) is 24.7 Å². The molecule has 0 aromatic heterocycles. The third kappa shape index (κ3) is 2.49. The fourth-order valence-electron chi connectivity index (χ4n) is 2.67. The molecule has 1 N–H and O–H groups in total. The van der Waals surface area contributed by atoms with Gasteiger partial charge in [-0.2, -0.15) is 0 Å². The summed E-state index contributed by atoms with van der Waals surface area (Å²) in [6.45, 7) is 3.27. The molecule has 1 aliphatic carbocycles. The molecule has 4 nitrogen and oxygen atoms in total. The van der Waals surface area contributed by atoms with Crippen LogP contribution in [0.2, 0.25) is 0 Å². The first-order valence-corrected chi connectivity index (χ1v) is 5.74. The van der Waals surface area contributed by atoms with E-state index in [0.717, 1.165) is 12.5 Å². The Labute approximate surface area is 90.0 Å². The quantitative estimate of drug-likeness (QED) is 0.700. The van der Waals surface area contributed by atoms with Crippen LogP contribution in [-0.4, -0.2) is 29.9 Å². The fourth-order valence-corrected chi connectivity index (χ4v) is 2.67. The lowest BCUT2D eigenvalue weighted by molar-refractivity contribution is -0.118. The van der Waals surface area contributed by atoms with E-state index in [1.807, 2.05) is 0 Å².